The topological polar surface area (TPSA) is 84.9 Å². The second-order valence-electron chi connectivity index (χ2n) is 7.35. The van der Waals surface area contributed by atoms with E-state index in [2.05, 4.69) is 5.32 Å². The third kappa shape index (κ3) is 3.56. The zero-order valence-electron chi connectivity index (χ0n) is 16.8. The summed E-state index contributed by atoms with van der Waals surface area (Å²) in [6.07, 6.45) is 0.783. The van der Waals surface area contributed by atoms with Crippen molar-refractivity contribution in [2.75, 3.05) is 23.4 Å². The van der Waals surface area contributed by atoms with Gasteiger partial charge in [0.05, 0.1) is 30.0 Å². The molecule has 0 radical (unpaired) electrons. The van der Waals surface area contributed by atoms with Crippen LogP contribution in [0.25, 0.3) is 0 Å². The van der Waals surface area contributed by atoms with Crippen molar-refractivity contribution < 1.29 is 23.9 Å². The molecule has 2 heterocycles. The Bertz CT molecular complexity index is 1260. The fraction of sp³-hybridized carbons (Fsp3) is 0.125. The number of amides is 3. The average molecular weight is 449 g/mol. The van der Waals surface area contributed by atoms with Gasteiger partial charge >= 0.3 is 0 Å². The smallest absolute Gasteiger partial charge is 0.266 e. The highest BCUT2D eigenvalue weighted by Gasteiger charge is 2.37. The van der Waals surface area contributed by atoms with Gasteiger partial charge in [-0.1, -0.05) is 11.6 Å². The number of ether oxygens (including phenoxy) is 2. The summed E-state index contributed by atoms with van der Waals surface area (Å²) in [6, 6.07) is 16.0. The Hall–Kier alpha value is -3.84. The summed E-state index contributed by atoms with van der Waals surface area (Å²) in [5.74, 6) is -0.148. The molecule has 0 bridgehead atoms. The lowest BCUT2D eigenvalue weighted by Gasteiger charge is -2.13. The van der Waals surface area contributed by atoms with Crippen molar-refractivity contribution >= 4 is 40.7 Å². The van der Waals surface area contributed by atoms with Gasteiger partial charge in [-0.3, -0.25) is 14.4 Å². The van der Waals surface area contributed by atoms with Crippen molar-refractivity contribution in [1.29, 1.82) is 0 Å². The van der Waals surface area contributed by atoms with E-state index in [4.69, 9.17) is 21.1 Å². The van der Waals surface area contributed by atoms with Crippen LogP contribution in [0.3, 0.4) is 0 Å². The minimum atomic E-state index is -0.488. The van der Waals surface area contributed by atoms with Crippen molar-refractivity contribution in [1.82, 2.24) is 0 Å². The van der Waals surface area contributed by atoms with Gasteiger partial charge in [-0.05, 0) is 54.6 Å². The average Bonchev–Trinajstić information content (AvgIpc) is 2.94. The van der Waals surface area contributed by atoms with E-state index in [1.54, 1.807) is 42.5 Å². The highest BCUT2D eigenvalue weighted by atomic mass is 35.5. The second-order valence-corrected chi connectivity index (χ2v) is 7.79. The Morgan fingerprint density at radius 3 is 2.34 bits per heavy atom. The molecular formula is C24H17ClN2O5. The minimum absolute atomic E-state index is 0.177. The Morgan fingerprint density at radius 2 is 1.56 bits per heavy atom. The number of anilines is 2. The number of nitrogens with one attached hydrogen (secondary N) is 1. The number of nitrogens with zero attached hydrogens (tertiary/aromatic N) is 1. The number of carbonyl (C=O) groups excluding carboxylic acids is 3. The monoisotopic (exact) mass is 448 g/mol. The molecule has 2 aliphatic rings. The molecule has 3 amide bonds. The van der Waals surface area contributed by atoms with E-state index in [0.29, 0.717) is 41.1 Å². The molecule has 32 heavy (non-hydrogen) atoms. The molecule has 0 aromatic heterocycles. The molecule has 0 saturated carbocycles. The standard InChI is InChI=1S/C24H17ClN2O5/c25-15-3-6-17(7-4-15)27-23(29)18-8-2-14(12-19(18)24(27)30)22(28)26-16-5-9-20-21(13-16)32-11-1-10-31-20/h2-9,12-13H,1,10-11H2,(H,26,28). The van der Waals surface area contributed by atoms with Gasteiger partial charge < -0.3 is 14.8 Å². The van der Waals surface area contributed by atoms with E-state index in [1.807, 2.05) is 0 Å². The first-order valence-corrected chi connectivity index (χ1v) is 10.4. The van der Waals surface area contributed by atoms with E-state index in [1.165, 1.54) is 18.2 Å². The first kappa shape index (κ1) is 20.1. The molecule has 3 aromatic carbocycles. The normalized spacial score (nSPS) is 14.7. The lowest BCUT2D eigenvalue weighted by atomic mass is 10.1. The summed E-state index contributed by atoms with van der Waals surface area (Å²) in [6.45, 7) is 1.11. The fourth-order valence-corrected chi connectivity index (χ4v) is 3.78. The lowest BCUT2D eigenvalue weighted by molar-refractivity contribution is 0.0925. The largest absolute Gasteiger partial charge is 0.490 e. The minimum Gasteiger partial charge on any atom is -0.490 e. The van der Waals surface area contributed by atoms with Crippen LogP contribution in [0.5, 0.6) is 11.5 Å². The maximum absolute atomic E-state index is 12.9. The van der Waals surface area contributed by atoms with E-state index < -0.39 is 17.7 Å². The second kappa shape index (κ2) is 8.01. The third-order valence-electron chi connectivity index (χ3n) is 5.24. The number of benzene rings is 3. The number of hydrogen-bond acceptors (Lipinski definition) is 5. The van der Waals surface area contributed by atoms with Gasteiger partial charge in [-0.15, -0.1) is 0 Å². The molecule has 0 unspecified atom stereocenters. The quantitative estimate of drug-likeness (QED) is 0.594. The molecule has 3 aromatic rings. The maximum atomic E-state index is 12.9. The molecule has 0 saturated heterocycles. The van der Waals surface area contributed by atoms with Crippen molar-refractivity contribution in [3.05, 3.63) is 82.4 Å². The summed E-state index contributed by atoms with van der Waals surface area (Å²) >= 11 is 5.90. The van der Waals surface area contributed by atoms with Crippen LogP contribution in [0.4, 0.5) is 11.4 Å². The molecule has 0 spiro atoms. The van der Waals surface area contributed by atoms with Gasteiger partial charge in [0.1, 0.15) is 0 Å². The van der Waals surface area contributed by atoms with Crippen molar-refractivity contribution in [2.24, 2.45) is 0 Å². The number of halogens is 1. The van der Waals surface area contributed by atoms with Gasteiger partial charge in [0.25, 0.3) is 17.7 Å². The number of fused-ring (bicyclic) bond motifs is 2. The number of rotatable bonds is 3. The van der Waals surface area contributed by atoms with Crippen LogP contribution >= 0.6 is 11.6 Å². The van der Waals surface area contributed by atoms with Crippen LogP contribution in [0.1, 0.15) is 37.5 Å². The summed E-state index contributed by atoms with van der Waals surface area (Å²) in [4.78, 5) is 39.6. The molecule has 0 aliphatic carbocycles. The Morgan fingerprint density at radius 1 is 0.844 bits per heavy atom. The fourth-order valence-electron chi connectivity index (χ4n) is 3.65. The van der Waals surface area contributed by atoms with E-state index in [9.17, 15) is 14.4 Å². The van der Waals surface area contributed by atoms with Crippen LogP contribution in [0, 0.1) is 0 Å². The molecule has 1 N–H and O–H groups in total. The summed E-state index contributed by atoms with van der Waals surface area (Å²) in [5.41, 5.74) is 1.63. The van der Waals surface area contributed by atoms with Gasteiger partial charge in [-0.25, -0.2) is 4.90 Å². The molecule has 0 fully saturated rings. The number of imide groups is 1. The SMILES string of the molecule is O=C(Nc1ccc2c(c1)OCCCO2)c1ccc2c(c1)C(=O)N(c1ccc(Cl)cc1)C2=O. The van der Waals surface area contributed by atoms with Gasteiger partial charge in [-0.2, -0.15) is 0 Å². The van der Waals surface area contributed by atoms with Crippen molar-refractivity contribution in [3.63, 3.8) is 0 Å². The van der Waals surface area contributed by atoms with Crippen molar-refractivity contribution in [3.8, 4) is 11.5 Å². The Balaban J connectivity index is 1.39. The zero-order chi connectivity index (χ0) is 22.2. The van der Waals surface area contributed by atoms with Crippen LogP contribution in [-0.4, -0.2) is 30.9 Å². The number of carbonyl (C=O) groups is 3. The highest BCUT2D eigenvalue weighted by Crippen LogP contribution is 2.33. The molecule has 8 heteroatoms. The van der Waals surface area contributed by atoms with Crippen LogP contribution in [0.2, 0.25) is 5.02 Å². The maximum Gasteiger partial charge on any atom is 0.266 e. The van der Waals surface area contributed by atoms with Crippen LogP contribution in [0.15, 0.2) is 60.7 Å². The van der Waals surface area contributed by atoms with Crippen molar-refractivity contribution in [2.45, 2.75) is 6.42 Å². The summed E-state index contributed by atoms with van der Waals surface area (Å²) < 4.78 is 11.3. The molecule has 0 atom stereocenters. The molecule has 7 nitrogen and oxygen atoms in total. The van der Waals surface area contributed by atoms with E-state index in [-0.39, 0.29) is 16.7 Å². The highest BCUT2D eigenvalue weighted by molar-refractivity contribution is 6.35. The lowest BCUT2D eigenvalue weighted by Crippen LogP contribution is -2.29. The van der Waals surface area contributed by atoms with Gasteiger partial charge in [0.15, 0.2) is 11.5 Å². The first-order valence-electron chi connectivity index (χ1n) is 10.0. The van der Waals surface area contributed by atoms with Crippen LogP contribution < -0.4 is 19.7 Å². The first-order chi connectivity index (χ1) is 15.5. The van der Waals surface area contributed by atoms with Gasteiger partial charge in [0, 0.05) is 28.8 Å². The molecular weight excluding hydrogens is 432 g/mol. The van der Waals surface area contributed by atoms with Crippen LogP contribution in [-0.2, 0) is 0 Å². The molecule has 5 rings (SSSR count). The molecule has 160 valence electrons. The molecule has 2 aliphatic heterocycles. The number of hydrogen-bond donors (Lipinski definition) is 1. The Kier molecular flexibility index (Phi) is 5.03. The zero-order valence-corrected chi connectivity index (χ0v) is 17.5. The van der Waals surface area contributed by atoms with E-state index in [0.717, 1.165) is 11.3 Å². The van der Waals surface area contributed by atoms with Gasteiger partial charge in [0.2, 0.25) is 0 Å². The summed E-state index contributed by atoms with van der Waals surface area (Å²) in [5, 5.41) is 3.30. The third-order valence-corrected chi connectivity index (χ3v) is 5.49. The predicted molar refractivity (Wildman–Crippen MR) is 119 cm³/mol. The Labute approximate surface area is 188 Å². The predicted octanol–water partition coefficient (Wildman–Crippen LogP) is 4.55. The summed E-state index contributed by atoms with van der Waals surface area (Å²) in [7, 11) is 0. The van der Waals surface area contributed by atoms with E-state index >= 15 is 0 Å².